The van der Waals surface area contributed by atoms with Crippen LogP contribution in [0.1, 0.15) is 37.2 Å². The lowest BCUT2D eigenvalue weighted by atomic mass is 9.78. The molecule has 1 aliphatic carbocycles. The Morgan fingerprint density at radius 1 is 1.13 bits per heavy atom. The first kappa shape index (κ1) is 16.3. The summed E-state index contributed by atoms with van der Waals surface area (Å²) in [5.74, 6) is 0.171. The Balaban J connectivity index is 2.07. The van der Waals surface area contributed by atoms with Gasteiger partial charge in [0.2, 0.25) is 5.91 Å². The van der Waals surface area contributed by atoms with Gasteiger partial charge >= 0.3 is 0 Å². The fraction of sp³-hybridized carbons (Fsp3) is 0.444. The molecule has 2 aliphatic rings. The lowest BCUT2D eigenvalue weighted by Crippen LogP contribution is -2.47. The average molecular weight is 330 g/mol. The summed E-state index contributed by atoms with van der Waals surface area (Å²) in [4.78, 5) is 26.4. The normalized spacial score (nSPS) is 21.9. The zero-order valence-electron chi connectivity index (χ0n) is 13.8. The maximum Gasteiger partial charge on any atom is 0.242 e. The molecule has 1 aliphatic heterocycles. The van der Waals surface area contributed by atoms with Crippen LogP contribution in [0.2, 0.25) is 0 Å². The van der Waals surface area contributed by atoms with Gasteiger partial charge in [-0.3, -0.25) is 9.59 Å². The SMILES string of the molecule is CSc1ccc([C@H]2CC(=O)N(N(C)C)C3=C2C(=O)CCC3)cc1. The highest BCUT2D eigenvalue weighted by atomic mass is 32.2. The average Bonchev–Trinajstić information content (AvgIpc) is 2.54. The maximum atomic E-state index is 12.6. The van der Waals surface area contributed by atoms with E-state index in [2.05, 4.69) is 24.3 Å². The molecule has 0 saturated carbocycles. The van der Waals surface area contributed by atoms with E-state index < -0.39 is 0 Å². The van der Waals surface area contributed by atoms with Crippen molar-refractivity contribution >= 4 is 23.5 Å². The van der Waals surface area contributed by atoms with Crippen LogP contribution in [0, 0.1) is 0 Å². The van der Waals surface area contributed by atoms with Gasteiger partial charge in [-0.15, -0.1) is 11.8 Å². The van der Waals surface area contributed by atoms with E-state index in [0.717, 1.165) is 29.7 Å². The molecular formula is C18H22N2O2S. The molecule has 1 amide bonds. The lowest BCUT2D eigenvalue weighted by Gasteiger charge is -2.41. The third-order valence-corrected chi connectivity index (χ3v) is 5.31. The highest BCUT2D eigenvalue weighted by molar-refractivity contribution is 7.98. The molecule has 1 atom stereocenters. The summed E-state index contributed by atoms with van der Waals surface area (Å²) < 4.78 is 0. The second-order valence-corrected chi connectivity index (χ2v) is 7.10. The molecule has 0 bridgehead atoms. The fourth-order valence-electron chi connectivity index (χ4n) is 3.56. The van der Waals surface area contributed by atoms with Crippen molar-refractivity contribution in [1.82, 2.24) is 10.0 Å². The molecule has 1 heterocycles. The Labute approximate surface area is 141 Å². The van der Waals surface area contributed by atoms with E-state index in [1.807, 2.05) is 20.4 Å². The zero-order valence-corrected chi connectivity index (χ0v) is 14.7. The number of hydrogen-bond donors (Lipinski definition) is 0. The van der Waals surface area contributed by atoms with Gasteiger partial charge in [0.05, 0.1) is 0 Å². The molecule has 122 valence electrons. The summed E-state index contributed by atoms with van der Waals surface area (Å²) in [6, 6.07) is 8.25. The van der Waals surface area contributed by atoms with Crippen LogP contribution in [-0.2, 0) is 9.59 Å². The molecule has 0 spiro atoms. The van der Waals surface area contributed by atoms with E-state index >= 15 is 0 Å². The molecular weight excluding hydrogens is 308 g/mol. The first-order valence-corrected chi connectivity index (χ1v) is 9.15. The van der Waals surface area contributed by atoms with E-state index in [4.69, 9.17) is 0 Å². The first-order valence-electron chi connectivity index (χ1n) is 7.93. The van der Waals surface area contributed by atoms with Crippen molar-refractivity contribution in [1.29, 1.82) is 0 Å². The van der Waals surface area contributed by atoms with Crippen LogP contribution in [-0.4, -0.2) is 42.1 Å². The predicted molar refractivity (Wildman–Crippen MR) is 92.0 cm³/mol. The number of thioether (sulfide) groups is 1. The number of ketones is 1. The smallest absolute Gasteiger partial charge is 0.242 e. The Bertz CT molecular complexity index is 664. The number of amides is 1. The summed E-state index contributed by atoms with van der Waals surface area (Å²) >= 11 is 1.69. The molecule has 0 N–H and O–H groups in total. The monoisotopic (exact) mass is 330 g/mol. The van der Waals surface area contributed by atoms with Crippen LogP contribution in [0.4, 0.5) is 0 Å². The first-order chi connectivity index (χ1) is 11.0. The molecule has 3 rings (SSSR count). The Hall–Kier alpha value is -1.59. The van der Waals surface area contributed by atoms with Crippen LogP contribution in [0.3, 0.4) is 0 Å². The number of carbonyl (C=O) groups excluding carboxylic acids is 2. The molecule has 0 fully saturated rings. The van der Waals surface area contributed by atoms with Gasteiger partial charge in [0.25, 0.3) is 0 Å². The maximum absolute atomic E-state index is 12.6. The van der Waals surface area contributed by atoms with Gasteiger partial charge < -0.3 is 0 Å². The Morgan fingerprint density at radius 3 is 2.43 bits per heavy atom. The molecule has 5 heteroatoms. The number of allylic oxidation sites excluding steroid dienone is 2. The van der Waals surface area contributed by atoms with Crippen LogP contribution in [0.15, 0.2) is 40.4 Å². The van der Waals surface area contributed by atoms with E-state index in [1.54, 1.807) is 21.8 Å². The molecule has 1 aromatic carbocycles. The van der Waals surface area contributed by atoms with Gasteiger partial charge in [0.1, 0.15) is 0 Å². The number of hydrazine groups is 1. The highest BCUT2D eigenvalue weighted by Crippen LogP contribution is 2.42. The third kappa shape index (κ3) is 2.95. The van der Waals surface area contributed by atoms with Gasteiger partial charge in [0, 0.05) is 49.0 Å². The van der Waals surface area contributed by atoms with Gasteiger partial charge in [-0.2, -0.15) is 0 Å². The van der Waals surface area contributed by atoms with Crippen LogP contribution < -0.4 is 0 Å². The highest BCUT2D eigenvalue weighted by Gasteiger charge is 2.39. The summed E-state index contributed by atoms with van der Waals surface area (Å²) in [6.07, 6.45) is 4.62. The van der Waals surface area contributed by atoms with Crippen LogP contribution in [0.25, 0.3) is 0 Å². The topological polar surface area (TPSA) is 40.6 Å². The summed E-state index contributed by atoms with van der Waals surface area (Å²) in [6.45, 7) is 0. The van der Waals surface area contributed by atoms with Gasteiger partial charge in [-0.05, 0) is 36.8 Å². The number of nitrogens with zero attached hydrogens (tertiary/aromatic N) is 2. The predicted octanol–water partition coefficient (Wildman–Crippen LogP) is 3.21. The van der Waals surface area contributed by atoms with E-state index in [1.165, 1.54) is 4.90 Å². The van der Waals surface area contributed by atoms with Crippen molar-refractivity contribution in [3.05, 3.63) is 41.1 Å². The fourth-order valence-corrected chi connectivity index (χ4v) is 3.97. The van der Waals surface area contributed by atoms with Gasteiger partial charge in [-0.25, -0.2) is 10.0 Å². The molecule has 0 radical (unpaired) electrons. The standard InChI is InChI=1S/C18H22N2O2S/c1-19(2)20-15-5-4-6-16(21)18(15)14(11-17(20)22)12-7-9-13(23-3)10-8-12/h7-10,14H,4-6,11H2,1-3H3/t14-/m1/s1. The van der Waals surface area contributed by atoms with Crippen LogP contribution in [0.5, 0.6) is 0 Å². The number of hydrogen-bond acceptors (Lipinski definition) is 4. The van der Waals surface area contributed by atoms with E-state index in [0.29, 0.717) is 12.8 Å². The second kappa shape index (κ2) is 6.49. The van der Waals surface area contributed by atoms with Crippen molar-refractivity contribution < 1.29 is 9.59 Å². The second-order valence-electron chi connectivity index (χ2n) is 6.22. The minimum absolute atomic E-state index is 0.0717. The third-order valence-electron chi connectivity index (χ3n) is 4.57. The summed E-state index contributed by atoms with van der Waals surface area (Å²) in [5, 5.41) is 3.49. The summed E-state index contributed by atoms with van der Waals surface area (Å²) in [7, 11) is 3.71. The van der Waals surface area contributed by atoms with Crippen molar-refractivity contribution in [2.75, 3.05) is 20.4 Å². The lowest BCUT2D eigenvalue weighted by molar-refractivity contribution is -0.143. The number of Topliss-reactive ketones (excluding diaryl/α,β-unsaturated/α-hetero) is 1. The quantitative estimate of drug-likeness (QED) is 0.798. The van der Waals surface area contributed by atoms with Gasteiger partial charge in [0.15, 0.2) is 5.78 Å². The Kier molecular flexibility index (Phi) is 4.60. The minimum atomic E-state index is -0.0996. The van der Waals surface area contributed by atoms with Crippen molar-refractivity contribution in [2.45, 2.75) is 36.5 Å². The molecule has 1 aromatic rings. The minimum Gasteiger partial charge on any atom is -0.294 e. The number of carbonyl (C=O) groups is 2. The molecule has 0 aromatic heterocycles. The molecule has 0 unspecified atom stereocenters. The molecule has 23 heavy (non-hydrogen) atoms. The van der Waals surface area contributed by atoms with E-state index in [9.17, 15) is 9.59 Å². The molecule has 4 nitrogen and oxygen atoms in total. The zero-order chi connectivity index (χ0) is 16.6. The van der Waals surface area contributed by atoms with Crippen molar-refractivity contribution in [3.63, 3.8) is 0 Å². The van der Waals surface area contributed by atoms with Gasteiger partial charge in [-0.1, -0.05) is 12.1 Å². The van der Waals surface area contributed by atoms with Crippen molar-refractivity contribution in [2.24, 2.45) is 0 Å². The summed E-state index contributed by atoms with van der Waals surface area (Å²) in [5.41, 5.74) is 2.82. The van der Waals surface area contributed by atoms with E-state index in [-0.39, 0.29) is 17.6 Å². The van der Waals surface area contributed by atoms with Crippen LogP contribution >= 0.6 is 11.8 Å². The Morgan fingerprint density at radius 2 is 1.83 bits per heavy atom. The van der Waals surface area contributed by atoms with Crippen molar-refractivity contribution in [3.8, 4) is 0 Å². The molecule has 0 saturated heterocycles. The largest absolute Gasteiger partial charge is 0.294 e. The number of benzene rings is 1. The number of rotatable bonds is 3.